The lowest BCUT2D eigenvalue weighted by Crippen LogP contribution is -2.67. The maximum atomic E-state index is 12.9. The van der Waals surface area contributed by atoms with Crippen LogP contribution in [0.1, 0.15) is 36.3 Å². The Morgan fingerprint density at radius 2 is 1.57 bits per heavy atom. The van der Waals surface area contributed by atoms with E-state index in [1.807, 2.05) is 54.6 Å². The fraction of sp³-hybridized carbons (Fsp3) is 0.323. The molecular formula is C31H32N2O7. The van der Waals surface area contributed by atoms with E-state index in [9.17, 15) is 14.4 Å². The Kier molecular flexibility index (Phi) is 8.31. The van der Waals surface area contributed by atoms with Gasteiger partial charge >= 0.3 is 12.1 Å². The van der Waals surface area contributed by atoms with Crippen molar-refractivity contribution in [3.8, 4) is 16.9 Å². The minimum absolute atomic E-state index is 0.00394. The highest BCUT2D eigenvalue weighted by Gasteiger charge is 2.53. The summed E-state index contributed by atoms with van der Waals surface area (Å²) in [4.78, 5) is 38.3. The first-order chi connectivity index (χ1) is 19.5. The summed E-state index contributed by atoms with van der Waals surface area (Å²) in [5.74, 6) is -0.789. The molecule has 5 rings (SSSR count). The van der Waals surface area contributed by atoms with Crippen molar-refractivity contribution in [1.29, 1.82) is 0 Å². The molecule has 40 heavy (non-hydrogen) atoms. The lowest BCUT2D eigenvalue weighted by atomic mass is 9.98. The molecule has 1 fully saturated rings. The summed E-state index contributed by atoms with van der Waals surface area (Å²) >= 11 is 0. The molecule has 1 aliphatic heterocycles. The summed E-state index contributed by atoms with van der Waals surface area (Å²) in [6.45, 7) is 0.426. The van der Waals surface area contributed by atoms with E-state index in [2.05, 4.69) is 22.8 Å². The van der Waals surface area contributed by atoms with Gasteiger partial charge in [-0.15, -0.1) is 0 Å². The highest BCUT2D eigenvalue weighted by molar-refractivity contribution is 5.88. The van der Waals surface area contributed by atoms with E-state index in [0.717, 1.165) is 22.3 Å². The molecule has 1 aliphatic carbocycles. The Morgan fingerprint density at radius 1 is 0.925 bits per heavy atom. The maximum absolute atomic E-state index is 12.9. The molecule has 2 aliphatic rings. The second-order valence-corrected chi connectivity index (χ2v) is 9.69. The number of alkyl carbamates (subject to hydrolysis) is 1. The summed E-state index contributed by atoms with van der Waals surface area (Å²) in [6.07, 6.45) is -0.408. The molecule has 1 heterocycles. The Labute approximate surface area is 232 Å². The van der Waals surface area contributed by atoms with Crippen LogP contribution in [0.25, 0.3) is 11.1 Å². The largest absolute Gasteiger partial charge is 0.485 e. The average Bonchev–Trinajstić information content (AvgIpc) is 3.30. The first-order valence-corrected chi connectivity index (χ1v) is 13.4. The van der Waals surface area contributed by atoms with Crippen LogP contribution in [0.3, 0.4) is 0 Å². The summed E-state index contributed by atoms with van der Waals surface area (Å²) in [7, 11) is 1.23. The van der Waals surface area contributed by atoms with E-state index in [-0.39, 0.29) is 32.1 Å². The van der Waals surface area contributed by atoms with Crippen LogP contribution < -0.4 is 15.4 Å². The van der Waals surface area contributed by atoms with Gasteiger partial charge in [0.05, 0.1) is 13.7 Å². The monoisotopic (exact) mass is 544 g/mol. The number of esters is 1. The van der Waals surface area contributed by atoms with Crippen molar-refractivity contribution >= 4 is 18.0 Å². The van der Waals surface area contributed by atoms with Crippen molar-refractivity contribution in [1.82, 2.24) is 10.6 Å². The molecule has 2 amide bonds. The quantitative estimate of drug-likeness (QED) is 0.389. The standard InChI is InChI=1S/C31H32N2O7/c1-37-29(35)31(27(16-9-19-39-31)40-21-10-3-2-4-11-21)33-28(34)17-18-32-30(36)38-20-26-24-14-7-5-12-22(24)23-13-6-8-15-25(23)26/h2-8,10-15,26-27H,9,16-20H2,1H3,(H,32,36)(H,33,34). The van der Waals surface area contributed by atoms with Gasteiger partial charge in [-0.3, -0.25) is 4.79 Å². The number of rotatable bonds is 9. The first-order valence-electron chi connectivity index (χ1n) is 13.4. The summed E-state index contributed by atoms with van der Waals surface area (Å²) in [5.41, 5.74) is 2.71. The highest BCUT2D eigenvalue weighted by Crippen LogP contribution is 2.44. The predicted molar refractivity (Wildman–Crippen MR) is 147 cm³/mol. The number of methoxy groups -OCH3 is 1. The molecular weight excluding hydrogens is 512 g/mol. The van der Waals surface area contributed by atoms with E-state index >= 15 is 0 Å². The number of nitrogens with one attached hydrogen (secondary N) is 2. The summed E-state index contributed by atoms with van der Waals surface area (Å²) in [5, 5.41) is 5.29. The molecule has 0 aromatic heterocycles. The Morgan fingerprint density at radius 3 is 2.25 bits per heavy atom. The average molecular weight is 545 g/mol. The zero-order chi connectivity index (χ0) is 28.0. The third kappa shape index (κ3) is 5.65. The molecule has 9 nitrogen and oxygen atoms in total. The van der Waals surface area contributed by atoms with E-state index in [1.165, 1.54) is 7.11 Å². The molecule has 208 valence electrons. The lowest BCUT2D eigenvalue weighted by Gasteiger charge is -2.41. The van der Waals surface area contributed by atoms with Gasteiger partial charge in [-0.1, -0.05) is 66.7 Å². The smallest absolute Gasteiger partial charge is 0.407 e. The van der Waals surface area contributed by atoms with Gasteiger partial charge in [-0.25, -0.2) is 9.59 Å². The number of ether oxygens (including phenoxy) is 4. The van der Waals surface area contributed by atoms with Gasteiger partial charge < -0.3 is 29.6 Å². The van der Waals surface area contributed by atoms with Crippen molar-refractivity contribution < 1.29 is 33.3 Å². The molecule has 1 saturated heterocycles. The minimum atomic E-state index is -1.80. The number of carbonyl (C=O) groups is 3. The number of fused-ring (bicyclic) bond motifs is 3. The topological polar surface area (TPSA) is 112 Å². The van der Waals surface area contributed by atoms with E-state index < -0.39 is 29.8 Å². The van der Waals surface area contributed by atoms with Crippen molar-refractivity contribution in [2.45, 2.75) is 37.0 Å². The molecule has 0 radical (unpaired) electrons. The van der Waals surface area contributed by atoms with Crippen LogP contribution in [0.2, 0.25) is 0 Å². The predicted octanol–water partition coefficient (Wildman–Crippen LogP) is 4.16. The van der Waals surface area contributed by atoms with Crippen LogP contribution in [0.15, 0.2) is 78.9 Å². The molecule has 0 spiro atoms. The fourth-order valence-corrected chi connectivity index (χ4v) is 5.31. The fourth-order valence-electron chi connectivity index (χ4n) is 5.31. The molecule has 9 heteroatoms. The van der Waals surface area contributed by atoms with Crippen molar-refractivity contribution in [2.24, 2.45) is 0 Å². The number of hydrogen-bond donors (Lipinski definition) is 2. The number of carbonyl (C=O) groups excluding carboxylic acids is 3. The number of amides is 2. The van der Waals surface area contributed by atoms with Crippen LogP contribution in [0.5, 0.6) is 5.75 Å². The second-order valence-electron chi connectivity index (χ2n) is 9.69. The highest BCUT2D eigenvalue weighted by atomic mass is 16.6. The van der Waals surface area contributed by atoms with Gasteiger partial charge in [-0.2, -0.15) is 0 Å². The third-order valence-electron chi connectivity index (χ3n) is 7.19. The number of hydrogen-bond acceptors (Lipinski definition) is 7. The van der Waals surface area contributed by atoms with Crippen LogP contribution in [-0.4, -0.2) is 56.7 Å². The lowest BCUT2D eigenvalue weighted by molar-refractivity contribution is -0.204. The molecule has 2 N–H and O–H groups in total. The Bertz CT molecular complexity index is 1320. The number of benzene rings is 3. The van der Waals surface area contributed by atoms with Crippen molar-refractivity contribution in [3.63, 3.8) is 0 Å². The molecule has 3 aromatic rings. The van der Waals surface area contributed by atoms with Crippen LogP contribution in [0, 0.1) is 0 Å². The summed E-state index contributed by atoms with van der Waals surface area (Å²) in [6, 6.07) is 25.2. The van der Waals surface area contributed by atoms with Crippen LogP contribution in [0.4, 0.5) is 4.79 Å². The molecule has 2 unspecified atom stereocenters. The molecule has 0 bridgehead atoms. The Hall–Kier alpha value is -4.37. The van der Waals surface area contributed by atoms with E-state index in [0.29, 0.717) is 18.6 Å². The van der Waals surface area contributed by atoms with Gasteiger partial charge in [-0.05, 0) is 47.2 Å². The maximum Gasteiger partial charge on any atom is 0.407 e. The van der Waals surface area contributed by atoms with Gasteiger partial charge in [0.25, 0.3) is 5.72 Å². The van der Waals surface area contributed by atoms with Crippen LogP contribution >= 0.6 is 0 Å². The van der Waals surface area contributed by atoms with Gasteiger partial charge in [0.2, 0.25) is 5.91 Å². The first kappa shape index (κ1) is 27.2. The third-order valence-corrected chi connectivity index (χ3v) is 7.19. The second kappa shape index (κ2) is 12.2. The molecule has 2 atom stereocenters. The van der Waals surface area contributed by atoms with Gasteiger partial charge in [0.1, 0.15) is 12.4 Å². The van der Waals surface area contributed by atoms with Gasteiger partial charge in [0.15, 0.2) is 6.10 Å². The van der Waals surface area contributed by atoms with Gasteiger partial charge in [0, 0.05) is 18.9 Å². The zero-order valence-electron chi connectivity index (χ0n) is 22.3. The van der Waals surface area contributed by atoms with Crippen LogP contribution in [-0.2, 0) is 23.8 Å². The Balaban J connectivity index is 1.16. The van der Waals surface area contributed by atoms with Crippen molar-refractivity contribution in [3.05, 3.63) is 90.0 Å². The minimum Gasteiger partial charge on any atom is -0.485 e. The zero-order valence-corrected chi connectivity index (χ0v) is 22.3. The SMILES string of the molecule is COC(=O)C1(NC(=O)CCNC(=O)OCC2c3ccccc3-c3ccccc32)OCCCC1Oc1ccccc1. The molecule has 0 saturated carbocycles. The molecule has 3 aromatic carbocycles. The summed E-state index contributed by atoms with van der Waals surface area (Å²) < 4.78 is 22.4. The number of para-hydroxylation sites is 1. The van der Waals surface area contributed by atoms with E-state index in [1.54, 1.807) is 12.1 Å². The van der Waals surface area contributed by atoms with Crippen molar-refractivity contribution in [2.75, 3.05) is 26.9 Å². The normalized spacial score (nSPS) is 19.6. The van der Waals surface area contributed by atoms with E-state index in [4.69, 9.17) is 18.9 Å².